The molecule has 0 radical (unpaired) electrons. The number of pyridine rings is 1. The Morgan fingerprint density at radius 1 is 1.56 bits per heavy atom. The molecule has 0 aliphatic carbocycles. The molecule has 0 bridgehead atoms. The zero-order valence-corrected chi connectivity index (χ0v) is 10.9. The molecular weight excluding hydrogens is 216 g/mol. The van der Waals surface area contributed by atoms with Crippen molar-refractivity contribution in [3.63, 3.8) is 0 Å². The molecule has 1 fully saturated rings. The lowest BCUT2D eigenvalue weighted by atomic mass is 10.1. The molecule has 0 amide bonds. The van der Waals surface area contributed by atoms with Gasteiger partial charge in [0, 0.05) is 24.3 Å². The number of hydrogen-bond acceptors (Lipinski definition) is 2. The summed E-state index contributed by atoms with van der Waals surface area (Å²) in [6, 6.07) is 4.76. The third-order valence-corrected chi connectivity index (χ3v) is 3.52. The lowest BCUT2D eigenvalue weighted by molar-refractivity contribution is 0.228. The number of likely N-dealkylation sites (tertiary alicyclic amines) is 1. The van der Waals surface area contributed by atoms with E-state index >= 15 is 0 Å². The number of H-pyrrole nitrogens is 1. The van der Waals surface area contributed by atoms with Crippen molar-refractivity contribution in [2.24, 2.45) is 5.92 Å². The van der Waals surface area contributed by atoms with Crippen molar-refractivity contribution in [1.82, 2.24) is 9.88 Å². The normalized spacial score (nSPS) is 21.8. The molecule has 3 heteroatoms. The van der Waals surface area contributed by atoms with Gasteiger partial charge in [-0.1, -0.05) is 32.1 Å². The summed E-state index contributed by atoms with van der Waals surface area (Å²) in [6.45, 7) is 6.95. The minimum Gasteiger partial charge on any atom is -0.353 e. The number of nitrogens with one attached hydrogen (secondary N) is 1. The van der Waals surface area contributed by atoms with E-state index in [0.717, 1.165) is 10.6 Å². The second-order valence-corrected chi connectivity index (χ2v) is 5.41. The van der Waals surface area contributed by atoms with E-state index in [9.17, 15) is 0 Å². The molecule has 0 aromatic carbocycles. The number of hydrogen-bond donors (Lipinski definition) is 1. The van der Waals surface area contributed by atoms with Gasteiger partial charge in [-0.2, -0.15) is 0 Å². The zero-order chi connectivity index (χ0) is 11.5. The lowest BCUT2D eigenvalue weighted by Gasteiger charge is -2.26. The number of rotatable bonds is 3. The summed E-state index contributed by atoms with van der Waals surface area (Å²) in [5.41, 5.74) is 1.30. The summed E-state index contributed by atoms with van der Waals surface area (Å²) >= 11 is 5.37. The number of nitrogens with zero attached hydrogens (tertiary/aromatic N) is 1. The Hall–Kier alpha value is -0.670. The van der Waals surface area contributed by atoms with E-state index in [4.69, 9.17) is 12.2 Å². The molecule has 2 rings (SSSR count). The third-order valence-electron chi connectivity index (χ3n) is 3.17. The fourth-order valence-corrected chi connectivity index (χ4v) is 2.84. The summed E-state index contributed by atoms with van der Waals surface area (Å²) in [5.74, 6) is 0.724. The molecular formula is C13H20N2S. The Morgan fingerprint density at radius 2 is 2.38 bits per heavy atom. The highest BCUT2D eigenvalue weighted by atomic mass is 32.1. The first-order valence-electron chi connectivity index (χ1n) is 6.10. The van der Waals surface area contributed by atoms with Crippen LogP contribution >= 0.6 is 12.2 Å². The van der Waals surface area contributed by atoms with Crippen LogP contribution < -0.4 is 0 Å². The highest BCUT2D eigenvalue weighted by Crippen LogP contribution is 2.32. The molecule has 2 nitrogen and oxygen atoms in total. The van der Waals surface area contributed by atoms with Gasteiger partial charge in [0.2, 0.25) is 0 Å². The molecule has 0 saturated carbocycles. The number of aromatic nitrogens is 1. The van der Waals surface area contributed by atoms with Gasteiger partial charge in [0.15, 0.2) is 0 Å². The quantitative estimate of drug-likeness (QED) is 0.810. The first-order chi connectivity index (χ1) is 7.68. The monoisotopic (exact) mass is 236 g/mol. The second-order valence-electron chi connectivity index (χ2n) is 5.00. The zero-order valence-electron chi connectivity index (χ0n) is 10.1. The van der Waals surface area contributed by atoms with Gasteiger partial charge in [-0.3, -0.25) is 4.90 Å². The van der Waals surface area contributed by atoms with Crippen LogP contribution in [0.15, 0.2) is 18.3 Å². The van der Waals surface area contributed by atoms with E-state index in [-0.39, 0.29) is 0 Å². The highest BCUT2D eigenvalue weighted by molar-refractivity contribution is 7.71. The van der Waals surface area contributed by atoms with Crippen LogP contribution in [0.5, 0.6) is 0 Å². The van der Waals surface area contributed by atoms with Crippen LogP contribution in [0, 0.1) is 10.6 Å². The van der Waals surface area contributed by atoms with Gasteiger partial charge in [-0.05, 0) is 31.4 Å². The topological polar surface area (TPSA) is 19.0 Å². The molecule has 1 aliphatic heterocycles. The first kappa shape index (κ1) is 11.8. The molecule has 0 unspecified atom stereocenters. The van der Waals surface area contributed by atoms with Gasteiger partial charge in [-0.15, -0.1) is 0 Å². The fraction of sp³-hybridized carbons (Fsp3) is 0.615. The SMILES string of the molecule is CC(C)CN1CCC[C@H]1c1ccc[nH]c1=S. The van der Waals surface area contributed by atoms with Gasteiger partial charge in [-0.25, -0.2) is 0 Å². The van der Waals surface area contributed by atoms with Crippen LogP contribution in [-0.2, 0) is 0 Å². The molecule has 2 heterocycles. The van der Waals surface area contributed by atoms with Crippen LogP contribution in [0.2, 0.25) is 0 Å². The van der Waals surface area contributed by atoms with E-state index in [1.54, 1.807) is 0 Å². The van der Waals surface area contributed by atoms with Crippen LogP contribution in [-0.4, -0.2) is 23.0 Å². The lowest BCUT2D eigenvalue weighted by Crippen LogP contribution is -2.27. The van der Waals surface area contributed by atoms with Crippen molar-refractivity contribution in [2.45, 2.75) is 32.7 Å². The Morgan fingerprint density at radius 3 is 3.06 bits per heavy atom. The molecule has 1 atom stereocenters. The minimum atomic E-state index is 0.535. The van der Waals surface area contributed by atoms with Crippen molar-refractivity contribution in [3.8, 4) is 0 Å². The van der Waals surface area contributed by atoms with Crippen LogP contribution in [0.3, 0.4) is 0 Å². The van der Waals surface area contributed by atoms with Crippen molar-refractivity contribution in [2.75, 3.05) is 13.1 Å². The minimum absolute atomic E-state index is 0.535. The molecule has 88 valence electrons. The second kappa shape index (κ2) is 5.11. The maximum atomic E-state index is 5.37. The van der Waals surface area contributed by atoms with Crippen molar-refractivity contribution < 1.29 is 0 Å². The first-order valence-corrected chi connectivity index (χ1v) is 6.51. The van der Waals surface area contributed by atoms with E-state index in [1.807, 2.05) is 6.20 Å². The molecule has 16 heavy (non-hydrogen) atoms. The predicted octanol–water partition coefficient (Wildman–Crippen LogP) is 3.54. The summed E-state index contributed by atoms with van der Waals surface area (Å²) in [7, 11) is 0. The smallest absolute Gasteiger partial charge is 0.108 e. The Kier molecular flexibility index (Phi) is 3.77. The number of aromatic amines is 1. The Bertz CT molecular complexity index is 397. The van der Waals surface area contributed by atoms with Gasteiger partial charge >= 0.3 is 0 Å². The average molecular weight is 236 g/mol. The Labute approximate surface area is 103 Å². The molecule has 1 aromatic heterocycles. The predicted molar refractivity (Wildman–Crippen MR) is 70.0 cm³/mol. The fourth-order valence-electron chi connectivity index (χ4n) is 2.56. The van der Waals surface area contributed by atoms with E-state index in [2.05, 4.69) is 35.9 Å². The third kappa shape index (κ3) is 2.53. The van der Waals surface area contributed by atoms with Crippen molar-refractivity contribution in [1.29, 1.82) is 0 Å². The van der Waals surface area contributed by atoms with Gasteiger partial charge < -0.3 is 4.98 Å². The maximum absolute atomic E-state index is 5.37. The summed E-state index contributed by atoms with van der Waals surface area (Å²) in [4.78, 5) is 5.71. The highest BCUT2D eigenvalue weighted by Gasteiger charge is 2.26. The van der Waals surface area contributed by atoms with E-state index in [1.165, 1.54) is 31.5 Å². The molecule has 1 N–H and O–H groups in total. The van der Waals surface area contributed by atoms with Gasteiger partial charge in [0.05, 0.1) is 0 Å². The standard InChI is InChI=1S/C13H20N2S/c1-10(2)9-15-8-4-6-12(15)11-5-3-7-14-13(11)16/h3,5,7,10,12H,4,6,8-9H2,1-2H3,(H,14,16)/t12-/m0/s1. The van der Waals surface area contributed by atoms with Crippen LogP contribution in [0.1, 0.15) is 38.3 Å². The van der Waals surface area contributed by atoms with Gasteiger partial charge in [0.1, 0.15) is 4.64 Å². The summed E-state index contributed by atoms with van der Waals surface area (Å²) in [6.07, 6.45) is 4.45. The molecule has 0 spiro atoms. The van der Waals surface area contributed by atoms with Crippen LogP contribution in [0.25, 0.3) is 0 Å². The van der Waals surface area contributed by atoms with E-state index in [0.29, 0.717) is 6.04 Å². The summed E-state index contributed by atoms with van der Waals surface area (Å²) in [5, 5.41) is 0. The maximum Gasteiger partial charge on any atom is 0.108 e. The van der Waals surface area contributed by atoms with Gasteiger partial charge in [0.25, 0.3) is 0 Å². The Balaban J connectivity index is 2.20. The van der Waals surface area contributed by atoms with Crippen molar-refractivity contribution in [3.05, 3.63) is 28.5 Å². The average Bonchev–Trinajstić information content (AvgIpc) is 2.66. The molecule has 1 aliphatic rings. The largest absolute Gasteiger partial charge is 0.353 e. The van der Waals surface area contributed by atoms with E-state index < -0.39 is 0 Å². The molecule has 1 aromatic rings. The van der Waals surface area contributed by atoms with Crippen molar-refractivity contribution >= 4 is 12.2 Å². The van der Waals surface area contributed by atoms with Crippen LogP contribution in [0.4, 0.5) is 0 Å². The summed E-state index contributed by atoms with van der Waals surface area (Å²) < 4.78 is 0.906. The molecule has 1 saturated heterocycles.